The Balaban J connectivity index is 2.75. The predicted octanol–water partition coefficient (Wildman–Crippen LogP) is 2.82. The minimum Gasteiger partial charge on any atom is -0.465 e. The molecule has 0 radical (unpaired) electrons. The third kappa shape index (κ3) is 2.38. The Morgan fingerprint density at radius 2 is 2.16 bits per heavy atom. The Morgan fingerprint density at radius 3 is 2.79 bits per heavy atom. The van der Waals surface area contributed by atoms with E-state index < -0.39 is 5.97 Å². The highest BCUT2D eigenvalue weighted by Gasteiger charge is 2.17. The average molecular weight is 278 g/mol. The molecule has 1 aromatic carbocycles. The van der Waals surface area contributed by atoms with Gasteiger partial charge in [0.15, 0.2) is 0 Å². The molecule has 0 saturated carbocycles. The molecule has 0 bridgehead atoms. The summed E-state index contributed by atoms with van der Waals surface area (Å²) in [5, 5.41) is 0.379. The number of fused-ring (bicyclic) bond motifs is 1. The van der Waals surface area contributed by atoms with Gasteiger partial charge in [0.25, 0.3) is 0 Å². The van der Waals surface area contributed by atoms with Crippen molar-refractivity contribution in [1.29, 1.82) is 0 Å². The molecular formula is C14H14O4S. The van der Waals surface area contributed by atoms with Crippen LogP contribution < -0.4 is 5.43 Å². The maximum Gasteiger partial charge on any atom is 0.345 e. The molecule has 2 rings (SSSR count). The zero-order valence-electron chi connectivity index (χ0n) is 10.7. The Morgan fingerprint density at radius 1 is 1.42 bits per heavy atom. The van der Waals surface area contributed by atoms with E-state index in [2.05, 4.69) is 17.4 Å². The van der Waals surface area contributed by atoms with E-state index in [1.165, 1.54) is 7.11 Å². The second-order valence-electron chi connectivity index (χ2n) is 4.16. The molecule has 0 fully saturated rings. The normalized spacial score (nSPS) is 10.7. The van der Waals surface area contributed by atoms with E-state index in [4.69, 9.17) is 4.42 Å². The first-order valence-electron chi connectivity index (χ1n) is 5.94. The molecule has 0 aliphatic heterocycles. The number of esters is 1. The van der Waals surface area contributed by atoms with Gasteiger partial charge in [0, 0.05) is 10.5 Å². The first-order valence-corrected chi connectivity index (χ1v) is 6.39. The van der Waals surface area contributed by atoms with Crippen molar-refractivity contribution in [1.82, 2.24) is 0 Å². The van der Waals surface area contributed by atoms with Crippen molar-refractivity contribution in [3.05, 3.63) is 39.7 Å². The van der Waals surface area contributed by atoms with Gasteiger partial charge in [-0.1, -0.05) is 13.3 Å². The Hall–Kier alpha value is -1.75. The second kappa shape index (κ2) is 5.48. The van der Waals surface area contributed by atoms with Crippen molar-refractivity contribution in [3.8, 4) is 0 Å². The highest BCUT2D eigenvalue weighted by molar-refractivity contribution is 7.80. The van der Waals surface area contributed by atoms with Crippen LogP contribution in [0.4, 0.5) is 0 Å². The van der Waals surface area contributed by atoms with E-state index in [0.29, 0.717) is 11.0 Å². The quantitative estimate of drug-likeness (QED) is 0.693. The van der Waals surface area contributed by atoms with Crippen molar-refractivity contribution >= 4 is 29.6 Å². The Bertz CT molecular complexity index is 688. The number of methoxy groups -OCH3 is 1. The molecule has 0 N–H and O–H groups in total. The average Bonchev–Trinajstić information content (AvgIpc) is 2.41. The lowest BCUT2D eigenvalue weighted by atomic mass is 10.1. The van der Waals surface area contributed by atoms with Gasteiger partial charge < -0.3 is 9.15 Å². The Kier molecular flexibility index (Phi) is 3.95. The molecule has 0 aliphatic carbocycles. The topological polar surface area (TPSA) is 56.5 Å². The van der Waals surface area contributed by atoms with E-state index in [9.17, 15) is 9.59 Å². The Labute approximate surface area is 115 Å². The maximum absolute atomic E-state index is 12.2. The van der Waals surface area contributed by atoms with Crippen LogP contribution in [0.25, 0.3) is 11.0 Å². The molecule has 2 aromatic rings. The van der Waals surface area contributed by atoms with Gasteiger partial charge in [-0.15, -0.1) is 12.6 Å². The van der Waals surface area contributed by atoms with Gasteiger partial charge in [-0.25, -0.2) is 4.79 Å². The summed E-state index contributed by atoms with van der Waals surface area (Å²) in [5.74, 6) is -0.692. The number of ether oxygens (including phenoxy) is 1. The number of aryl methyl sites for hydroxylation is 1. The van der Waals surface area contributed by atoms with Crippen LogP contribution >= 0.6 is 12.6 Å². The van der Waals surface area contributed by atoms with Crippen LogP contribution in [0.2, 0.25) is 0 Å². The maximum atomic E-state index is 12.2. The number of hydrogen-bond donors (Lipinski definition) is 1. The minimum absolute atomic E-state index is 0.0932. The smallest absolute Gasteiger partial charge is 0.345 e. The minimum atomic E-state index is -0.692. The lowest BCUT2D eigenvalue weighted by molar-refractivity contribution is 0.0597. The zero-order valence-corrected chi connectivity index (χ0v) is 11.6. The van der Waals surface area contributed by atoms with E-state index in [0.717, 1.165) is 29.6 Å². The molecule has 4 nitrogen and oxygen atoms in total. The fourth-order valence-corrected chi connectivity index (χ4v) is 2.28. The number of carbonyl (C=O) groups excluding carboxylic acids is 1. The standard InChI is InChI=1S/C14H14O4S/c1-3-4-8-11(19)6-5-9-12(15)10(14(16)17-2)7-18-13(8)9/h5-7,19H,3-4H2,1-2H3. The lowest BCUT2D eigenvalue weighted by Gasteiger charge is -2.08. The van der Waals surface area contributed by atoms with Crippen LogP contribution in [0.1, 0.15) is 29.3 Å². The SMILES string of the molecule is CCCc1c(S)ccc2c(=O)c(C(=O)OC)coc12. The van der Waals surface area contributed by atoms with Crippen LogP contribution in [-0.4, -0.2) is 13.1 Å². The van der Waals surface area contributed by atoms with Gasteiger partial charge in [-0.3, -0.25) is 4.79 Å². The summed E-state index contributed by atoms with van der Waals surface area (Å²) in [7, 11) is 1.23. The highest BCUT2D eigenvalue weighted by Crippen LogP contribution is 2.25. The molecule has 1 aromatic heterocycles. The third-order valence-electron chi connectivity index (χ3n) is 2.92. The van der Waals surface area contributed by atoms with Crippen LogP contribution in [0.5, 0.6) is 0 Å². The van der Waals surface area contributed by atoms with E-state index in [-0.39, 0.29) is 11.0 Å². The molecule has 19 heavy (non-hydrogen) atoms. The molecule has 5 heteroatoms. The summed E-state index contributed by atoms with van der Waals surface area (Å²) in [6.07, 6.45) is 2.83. The van der Waals surface area contributed by atoms with E-state index in [1.54, 1.807) is 12.1 Å². The van der Waals surface area contributed by atoms with Gasteiger partial charge in [0.05, 0.1) is 12.5 Å². The monoisotopic (exact) mass is 278 g/mol. The van der Waals surface area contributed by atoms with E-state index >= 15 is 0 Å². The molecule has 0 aliphatic rings. The largest absolute Gasteiger partial charge is 0.465 e. The molecule has 100 valence electrons. The fraction of sp³-hybridized carbons (Fsp3) is 0.286. The fourth-order valence-electron chi connectivity index (χ4n) is 1.99. The summed E-state index contributed by atoms with van der Waals surface area (Å²) in [5.41, 5.74) is 0.909. The molecule has 0 unspecified atom stereocenters. The number of hydrogen-bond acceptors (Lipinski definition) is 5. The van der Waals surface area contributed by atoms with Crippen LogP contribution in [0, 0.1) is 0 Å². The summed E-state index contributed by atoms with van der Waals surface area (Å²) < 4.78 is 10.0. The van der Waals surface area contributed by atoms with Crippen LogP contribution in [0.15, 0.2) is 32.5 Å². The van der Waals surface area contributed by atoms with Crippen molar-refractivity contribution < 1.29 is 13.9 Å². The molecule has 0 saturated heterocycles. The zero-order chi connectivity index (χ0) is 14.0. The molecule has 0 amide bonds. The number of rotatable bonds is 3. The van der Waals surface area contributed by atoms with Crippen molar-refractivity contribution in [2.45, 2.75) is 24.7 Å². The second-order valence-corrected chi connectivity index (χ2v) is 4.64. The summed E-state index contributed by atoms with van der Waals surface area (Å²) in [6.45, 7) is 2.03. The predicted molar refractivity (Wildman–Crippen MR) is 75.1 cm³/mol. The van der Waals surface area contributed by atoms with Gasteiger partial charge in [0.1, 0.15) is 17.4 Å². The van der Waals surface area contributed by atoms with Crippen molar-refractivity contribution in [2.75, 3.05) is 7.11 Å². The van der Waals surface area contributed by atoms with Gasteiger partial charge >= 0.3 is 5.97 Å². The summed E-state index contributed by atoms with van der Waals surface area (Å²) in [6, 6.07) is 3.36. The molecule has 0 atom stereocenters. The van der Waals surface area contributed by atoms with Gasteiger partial charge in [0.2, 0.25) is 5.43 Å². The molecular weight excluding hydrogens is 264 g/mol. The highest BCUT2D eigenvalue weighted by atomic mass is 32.1. The summed E-state index contributed by atoms with van der Waals surface area (Å²) in [4.78, 5) is 24.4. The first kappa shape index (κ1) is 13.7. The molecule has 1 heterocycles. The number of benzene rings is 1. The van der Waals surface area contributed by atoms with Gasteiger partial charge in [-0.05, 0) is 18.6 Å². The van der Waals surface area contributed by atoms with Crippen LogP contribution in [0.3, 0.4) is 0 Å². The third-order valence-corrected chi connectivity index (χ3v) is 3.34. The number of thiol groups is 1. The number of carbonyl (C=O) groups is 1. The lowest BCUT2D eigenvalue weighted by Crippen LogP contribution is -2.16. The summed E-state index contributed by atoms with van der Waals surface area (Å²) >= 11 is 4.37. The molecule has 0 spiro atoms. The first-order chi connectivity index (χ1) is 9.10. The van der Waals surface area contributed by atoms with Crippen molar-refractivity contribution in [2.24, 2.45) is 0 Å². The van der Waals surface area contributed by atoms with Gasteiger partial charge in [-0.2, -0.15) is 0 Å². The van der Waals surface area contributed by atoms with Crippen LogP contribution in [-0.2, 0) is 11.2 Å². The van der Waals surface area contributed by atoms with Crippen molar-refractivity contribution in [3.63, 3.8) is 0 Å². The van der Waals surface area contributed by atoms with E-state index in [1.807, 2.05) is 6.92 Å².